The summed E-state index contributed by atoms with van der Waals surface area (Å²) in [6.07, 6.45) is 2.24. The Morgan fingerprint density at radius 3 is 2.94 bits per heavy atom. The van der Waals surface area contributed by atoms with Crippen LogP contribution in [0.4, 0.5) is 0 Å². The Morgan fingerprint density at radius 1 is 1.22 bits per heavy atom. The summed E-state index contributed by atoms with van der Waals surface area (Å²) in [6.45, 7) is 1.63. The molecule has 3 nitrogen and oxygen atoms in total. The number of ether oxygens (including phenoxy) is 1. The predicted molar refractivity (Wildman–Crippen MR) is 72.2 cm³/mol. The molecule has 1 saturated heterocycles. The van der Waals surface area contributed by atoms with E-state index in [0.29, 0.717) is 5.92 Å². The Hall–Kier alpha value is -1.45. The van der Waals surface area contributed by atoms with Gasteiger partial charge in [-0.15, -0.1) is 0 Å². The topological polar surface area (TPSA) is 48.1 Å². The maximum atomic E-state index is 6.32. The van der Waals surface area contributed by atoms with Crippen LogP contribution in [-0.4, -0.2) is 18.2 Å². The van der Waals surface area contributed by atoms with Crippen molar-refractivity contribution >= 4 is 10.9 Å². The summed E-state index contributed by atoms with van der Waals surface area (Å²) in [4.78, 5) is 4.67. The van der Waals surface area contributed by atoms with Crippen LogP contribution in [-0.2, 0) is 4.74 Å². The number of aromatic nitrogens is 1. The molecule has 1 aromatic carbocycles. The van der Waals surface area contributed by atoms with Crippen molar-refractivity contribution in [1.82, 2.24) is 4.98 Å². The maximum absolute atomic E-state index is 6.32. The summed E-state index contributed by atoms with van der Waals surface area (Å²) in [5, 5.41) is 1.16. The molecule has 1 fully saturated rings. The second-order valence-electron chi connectivity index (χ2n) is 4.93. The van der Waals surface area contributed by atoms with Crippen molar-refractivity contribution in [3.63, 3.8) is 0 Å². The van der Waals surface area contributed by atoms with E-state index in [2.05, 4.69) is 17.1 Å². The lowest BCUT2D eigenvalue weighted by Crippen LogP contribution is -2.29. The molecule has 0 radical (unpaired) electrons. The lowest BCUT2D eigenvalue weighted by Gasteiger charge is -2.27. The van der Waals surface area contributed by atoms with Gasteiger partial charge in [0.1, 0.15) is 0 Å². The van der Waals surface area contributed by atoms with Crippen molar-refractivity contribution in [3.05, 3.63) is 42.1 Å². The highest BCUT2D eigenvalue weighted by atomic mass is 16.5. The second-order valence-corrected chi connectivity index (χ2v) is 4.93. The van der Waals surface area contributed by atoms with Crippen molar-refractivity contribution in [2.75, 3.05) is 13.2 Å². The molecule has 0 bridgehead atoms. The minimum atomic E-state index is -0.0186. The van der Waals surface area contributed by atoms with E-state index in [0.717, 1.165) is 42.7 Å². The zero-order chi connectivity index (χ0) is 12.4. The fraction of sp³-hybridized carbons (Fsp3) is 0.400. The molecule has 94 valence electrons. The highest BCUT2D eigenvalue weighted by Gasteiger charge is 2.23. The van der Waals surface area contributed by atoms with Gasteiger partial charge in [0.2, 0.25) is 0 Å². The van der Waals surface area contributed by atoms with E-state index in [1.165, 1.54) is 0 Å². The molecule has 3 rings (SSSR count). The zero-order valence-electron chi connectivity index (χ0n) is 10.4. The minimum absolute atomic E-state index is 0.0186. The number of benzene rings is 1. The van der Waals surface area contributed by atoms with Crippen LogP contribution in [0.25, 0.3) is 10.9 Å². The quantitative estimate of drug-likeness (QED) is 0.880. The molecule has 0 amide bonds. The number of fused-ring (bicyclic) bond motifs is 1. The Labute approximate surface area is 107 Å². The van der Waals surface area contributed by atoms with Gasteiger partial charge in [-0.05, 0) is 25.0 Å². The summed E-state index contributed by atoms with van der Waals surface area (Å²) < 4.78 is 5.50. The molecule has 3 heteroatoms. The fourth-order valence-corrected chi connectivity index (χ4v) is 2.56. The summed E-state index contributed by atoms with van der Waals surface area (Å²) in [5.74, 6) is 0.396. The lowest BCUT2D eigenvalue weighted by molar-refractivity contribution is 0.0443. The van der Waals surface area contributed by atoms with Gasteiger partial charge in [0.25, 0.3) is 0 Å². The van der Waals surface area contributed by atoms with Crippen LogP contribution in [0, 0.1) is 5.92 Å². The first-order chi connectivity index (χ1) is 8.84. The van der Waals surface area contributed by atoms with Crippen molar-refractivity contribution in [3.8, 4) is 0 Å². The number of nitrogens with two attached hydrogens (primary N) is 1. The molecular weight excluding hydrogens is 224 g/mol. The van der Waals surface area contributed by atoms with Gasteiger partial charge in [-0.1, -0.05) is 24.3 Å². The summed E-state index contributed by atoms with van der Waals surface area (Å²) in [7, 11) is 0. The third-order valence-electron chi connectivity index (χ3n) is 3.66. The molecule has 2 aromatic rings. The van der Waals surface area contributed by atoms with E-state index in [1.54, 1.807) is 0 Å². The number of hydrogen-bond donors (Lipinski definition) is 1. The van der Waals surface area contributed by atoms with E-state index < -0.39 is 0 Å². The summed E-state index contributed by atoms with van der Waals surface area (Å²) in [5.41, 5.74) is 8.31. The monoisotopic (exact) mass is 242 g/mol. The second kappa shape index (κ2) is 5.04. The first-order valence-electron chi connectivity index (χ1n) is 6.53. The van der Waals surface area contributed by atoms with Crippen LogP contribution in [0.5, 0.6) is 0 Å². The lowest BCUT2D eigenvalue weighted by atomic mass is 9.92. The zero-order valence-corrected chi connectivity index (χ0v) is 10.4. The van der Waals surface area contributed by atoms with Gasteiger partial charge in [0.15, 0.2) is 0 Å². The number of para-hydroxylation sites is 1. The normalized spacial score (nSPS) is 21.9. The minimum Gasteiger partial charge on any atom is -0.381 e. The summed E-state index contributed by atoms with van der Waals surface area (Å²) >= 11 is 0. The standard InChI is InChI=1S/C15H18N2O/c16-15(12-5-3-9-18-10-12)14-8-7-11-4-1-2-6-13(11)17-14/h1-2,4,6-8,12,15H,3,5,9-10,16H2. The molecule has 2 heterocycles. The largest absolute Gasteiger partial charge is 0.381 e. The summed E-state index contributed by atoms with van der Waals surface area (Å²) in [6, 6.07) is 12.3. The van der Waals surface area contributed by atoms with Crippen LogP contribution < -0.4 is 5.73 Å². The van der Waals surface area contributed by atoms with Crippen LogP contribution in [0.1, 0.15) is 24.6 Å². The molecule has 1 aromatic heterocycles. The smallest absolute Gasteiger partial charge is 0.0706 e. The predicted octanol–water partition coefficient (Wildman–Crippen LogP) is 2.66. The maximum Gasteiger partial charge on any atom is 0.0706 e. The Bertz CT molecular complexity index is 535. The number of pyridine rings is 1. The molecule has 2 unspecified atom stereocenters. The van der Waals surface area contributed by atoms with E-state index in [4.69, 9.17) is 10.5 Å². The van der Waals surface area contributed by atoms with Gasteiger partial charge in [-0.2, -0.15) is 0 Å². The van der Waals surface area contributed by atoms with Gasteiger partial charge in [-0.25, -0.2) is 0 Å². The average molecular weight is 242 g/mol. The molecule has 2 N–H and O–H groups in total. The van der Waals surface area contributed by atoms with Crippen molar-refractivity contribution in [1.29, 1.82) is 0 Å². The number of rotatable bonds is 2. The van der Waals surface area contributed by atoms with Gasteiger partial charge in [0, 0.05) is 17.9 Å². The molecule has 1 aliphatic heterocycles. The van der Waals surface area contributed by atoms with Crippen LogP contribution in [0.15, 0.2) is 36.4 Å². The van der Waals surface area contributed by atoms with E-state index >= 15 is 0 Å². The number of hydrogen-bond acceptors (Lipinski definition) is 3. The fourth-order valence-electron chi connectivity index (χ4n) is 2.56. The van der Waals surface area contributed by atoms with Gasteiger partial charge in [0.05, 0.1) is 23.9 Å². The van der Waals surface area contributed by atoms with Gasteiger partial charge in [-0.3, -0.25) is 4.98 Å². The third kappa shape index (κ3) is 2.24. The van der Waals surface area contributed by atoms with Crippen LogP contribution in [0.2, 0.25) is 0 Å². The van der Waals surface area contributed by atoms with E-state index in [9.17, 15) is 0 Å². The first kappa shape index (κ1) is 11.6. The first-order valence-corrected chi connectivity index (χ1v) is 6.53. The molecule has 0 aliphatic carbocycles. The Kier molecular flexibility index (Phi) is 3.26. The number of nitrogens with zero attached hydrogens (tertiary/aromatic N) is 1. The van der Waals surface area contributed by atoms with Crippen molar-refractivity contribution in [2.45, 2.75) is 18.9 Å². The molecular formula is C15H18N2O. The van der Waals surface area contributed by atoms with E-state index in [1.807, 2.05) is 24.3 Å². The molecule has 0 saturated carbocycles. The van der Waals surface area contributed by atoms with Crippen molar-refractivity contribution in [2.24, 2.45) is 11.7 Å². The van der Waals surface area contributed by atoms with Crippen LogP contribution in [0.3, 0.4) is 0 Å². The SMILES string of the molecule is NC(c1ccc2ccccc2n1)C1CCCOC1. The van der Waals surface area contributed by atoms with Crippen molar-refractivity contribution < 1.29 is 4.74 Å². The average Bonchev–Trinajstić information content (AvgIpc) is 2.47. The molecule has 2 atom stereocenters. The highest BCUT2D eigenvalue weighted by Crippen LogP contribution is 2.26. The third-order valence-corrected chi connectivity index (χ3v) is 3.66. The molecule has 1 aliphatic rings. The highest BCUT2D eigenvalue weighted by molar-refractivity contribution is 5.78. The van der Waals surface area contributed by atoms with Crippen LogP contribution >= 0.6 is 0 Å². The molecule has 18 heavy (non-hydrogen) atoms. The van der Waals surface area contributed by atoms with Gasteiger partial charge < -0.3 is 10.5 Å². The van der Waals surface area contributed by atoms with E-state index in [-0.39, 0.29) is 6.04 Å². The van der Waals surface area contributed by atoms with Gasteiger partial charge >= 0.3 is 0 Å². The Balaban J connectivity index is 1.88. The Morgan fingerprint density at radius 2 is 2.11 bits per heavy atom. The molecule has 0 spiro atoms.